The second-order valence-electron chi connectivity index (χ2n) is 16.2. The monoisotopic (exact) mass is 830 g/mol. The molecule has 2 aliphatic carbocycles. The maximum atomic E-state index is 13.3. The van der Waals surface area contributed by atoms with Gasteiger partial charge in [-0.15, -0.1) is 0 Å². The van der Waals surface area contributed by atoms with Crippen molar-refractivity contribution in [3.8, 4) is 11.5 Å². The van der Waals surface area contributed by atoms with E-state index in [-0.39, 0.29) is 24.3 Å². The molecule has 0 aromatic heterocycles. The second-order valence-corrected chi connectivity index (χ2v) is 16.2. The van der Waals surface area contributed by atoms with Gasteiger partial charge >= 0.3 is 23.9 Å². The van der Waals surface area contributed by atoms with Gasteiger partial charge in [-0.1, -0.05) is 89.5 Å². The van der Waals surface area contributed by atoms with Crippen LogP contribution in [0, 0.1) is 23.7 Å². The Balaban J connectivity index is 1.28. The zero-order valence-electron chi connectivity index (χ0n) is 36.6. The molecule has 0 bridgehead atoms. The zero-order valence-corrected chi connectivity index (χ0v) is 36.6. The number of unbranched alkanes of at least 4 members (excludes halogenated alkanes) is 4. The van der Waals surface area contributed by atoms with Gasteiger partial charge in [0.1, 0.15) is 24.7 Å². The molecule has 0 N–H and O–H groups in total. The first-order chi connectivity index (χ1) is 29.2. The van der Waals surface area contributed by atoms with E-state index in [0.29, 0.717) is 36.5 Å². The van der Waals surface area contributed by atoms with Crippen molar-refractivity contribution in [3.05, 3.63) is 84.0 Å². The summed E-state index contributed by atoms with van der Waals surface area (Å²) in [6.45, 7) is 8.27. The van der Waals surface area contributed by atoms with Crippen molar-refractivity contribution in [2.45, 2.75) is 143 Å². The standard InChI is InChI=1S/C50H70O10/c1-5-9-11-15-37-19-23-39(24-20-37)17-13-35-57-43-31-27-41(28-32-43)47(51)59-45(49(53)55-7-3)46(50(54)56-8-4)60-48(52)42-29-33-44(34-30-42)58-36-14-18-40-25-21-38(22-26-40)16-12-10-6-2/h13-14,17-18,27-34,37-40,45-46H,5-12,15-16,19-26,35-36H2,1-4H3/b17-13+,18-14+/t37-,38-,39-,40-,45-,46-/m1/s1. The first-order valence-corrected chi connectivity index (χ1v) is 22.8. The molecule has 2 aromatic carbocycles. The Bertz CT molecular complexity index is 1490. The summed E-state index contributed by atoms with van der Waals surface area (Å²) in [4.78, 5) is 53.0. The molecule has 0 amide bonds. The largest absolute Gasteiger partial charge is 0.490 e. The molecule has 2 aromatic rings. The van der Waals surface area contributed by atoms with Crippen molar-refractivity contribution < 1.29 is 47.6 Å². The van der Waals surface area contributed by atoms with Crippen LogP contribution in [-0.4, -0.2) is 62.5 Å². The number of rotatable bonds is 25. The van der Waals surface area contributed by atoms with Crippen LogP contribution in [0.5, 0.6) is 11.5 Å². The van der Waals surface area contributed by atoms with Gasteiger partial charge in [0.2, 0.25) is 12.2 Å². The third kappa shape index (κ3) is 16.8. The molecule has 2 fully saturated rings. The smallest absolute Gasteiger partial charge is 0.352 e. The number of allylic oxidation sites excluding steroid dienone is 2. The molecule has 2 saturated carbocycles. The average Bonchev–Trinajstić information content (AvgIpc) is 3.26. The minimum Gasteiger partial charge on any atom is -0.490 e. The van der Waals surface area contributed by atoms with Crippen LogP contribution in [0.1, 0.15) is 151 Å². The Morgan fingerprint density at radius 2 is 0.900 bits per heavy atom. The molecule has 0 heterocycles. The van der Waals surface area contributed by atoms with Crippen LogP contribution in [0.2, 0.25) is 0 Å². The topological polar surface area (TPSA) is 124 Å². The van der Waals surface area contributed by atoms with E-state index < -0.39 is 36.1 Å². The highest BCUT2D eigenvalue weighted by molar-refractivity contribution is 5.96. The molecular formula is C50H70O10. The van der Waals surface area contributed by atoms with Gasteiger partial charge in [0.25, 0.3) is 0 Å². The van der Waals surface area contributed by atoms with Crippen LogP contribution in [-0.2, 0) is 28.5 Å². The lowest BCUT2D eigenvalue weighted by Gasteiger charge is -2.26. The van der Waals surface area contributed by atoms with Crippen LogP contribution in [0.3, 0.4) is 0 Å². The van der Waals surface area contributed by atoms with Gasteiger partial charge in [-0.2, -0.15) is 0 Å². The van der Waals surface area contributed by atoms with E-state index >= 15 is 0 Å². The minimum atomic E-state index is -1.93. The highest BCUT2D eigenvalue weighted by Gasteiger charge is 2.43. The number of carbonyl (C=O) groups is 4. The molecule has 0 saturated heterocycles. The first-order valence-electron chi connectivity index (χ1n) is 22.8. The summed E-state index contributed by atoms with van der Waals surface area (Å²) in [6, 6.07) is 12.5. The van der Waals surface area contributed by atoms with Crippen LogP contribution >= 0.6 is 0 Å². The highest BCUT2D eigenvalue weighted by atomic mass is 16.6. The Labute approximate surface area is 358 Å². The number of hydrogen-bond donors (Lipinski definition) is 0. The van der Waals surface area contributed by atoms with Gasteiger partial charge in [0, 0.05) is 0 Å². The third-order valence-corrected chi connectivity index (χ3v) is 11.7. The van der Waals surface area contributed by atoms with E-state index in [1.54, 1.807) is 38.1 Å². The summed E-state index contributed by atoms with van der Waals surface area (Å²) < 4.78 is 33.1. The van der Waals surface area contributed by atoms with Crippen molar-refractivity contribution in [1.82, 2.24) is 0 Å². The van der Waals surface area contributed by atoms with E-state index in [1.807, 2.05) is 12.2 Å². The maximum absolute atomic E-state index is 13.3. The van der Waals surface area contributed by atoms with E-state index in [1.165, 1.54) is 127 Å². The van der Waals surface area contributed by atoms with Crippen LogP contribution in [0.4, 0.5) is 0 Å². The van der Waals surface area contributed by atoms with Gasteiger partial charge in [0.05, 0.1) is 24.3 Å². The molecule has 0 unspecified atom stereocenters. The molecule has 10 heteroatoms. The van der Waals surface area contributed by atoms with Gasteiger partial charge < -0.3 is 28.4 Å². The summed E-state index contributed by atoms with van der Waals surface area (Å²) in [7, 11) is 0. The van der Waals surface area contributed by atoms with Crippen LogP contribution < -0.4 is 9.47 Å². The SMILES string of the molecule is CCCCC[C@H]1CC[C@H](/C=C/COc2ccc(C(=O)O[C@@H](C(=O)OCC)[C@@H](OC(=O)c3ccc(OC/C=C/[C@H]4CC[C@H](CCCCC)CC4)cc3)C(=O)OCC)cc2)CC1. The van der Waals surface area contributed by atoms with E-state index in [9.17, 15) is 19.2 Å². The van der Waals surface area contributed by atoms with Crippen molar-refractivity contribution in [1.29, 1.82) is 0 Å². The normalized spacial score (nSPS) is 20.3. The lowest BCUT2D eigenvalue weighted by Crippen LogP contribution is -2.47. The Hall–Kier alpha value is -4.60. The van der Waals surface area contributed by atoms with Crippen molar-refractivity contribution in [2.75, 3.05) is 26.4 Å². The van der Waals surface area contributed by atoms with Gasteiger partial charge in [-0.25, -0.2) is 19.2 Å². The number of hydrogen-bond acceptors (Lipinski definition) is 10. The highest BCUT2D eigenvalue weighted by Crippen LogP contribution is 2.34. The average molecular weight is 831 g/mol. The second kappa shape index (κ2) is 27.3. The Morgan fingerprint density at radius 3 is 1.23 bits per heavy atom. The lowest BCUT2D eigenvalue weighted by atomic mass is 9.79. The molecule has 330 valence electrons. The molecule has 0 aliphatic heterocycles. The molecule has 0 spiro atoms. The first kappa shape index (κ1) is 48.1. The van der Waals surface area contributed by atoms with E-state index in [4.69, 9.17) is 28.4 Å². The van der Waals surface area contributed by atoms with Crippen molar-refractivity contribution >= 4 is 23.9 Å². The van der Waals surface area contributed by atoms with Crippen molar-refractivity contribution in [3.63, 3.8) is 0 Å². The van der Waals surface area contributed by atoms with E-state index in [2.05, 4.69) is 26.0 Å². The fourth-order valence-electron chi connectivity index (χ4n) is 8.15. The molecule has 60 heavy (non-hydrogen) atoms. The zero-order chi connectivity index (χ0) is 43.0. The number of carbonyl (C=O) groups excluding carboxylic acids is 4. The fraction of sp³-hybridized carbons (Fsp3) is 0.600. The van der Waals surface area contributed by atoms with Gasteiger partial charge in [0.15, 0.2) is 0 Å². The summed E-state index contributed by atoms with van der Waals surface area (Å²) in [6.07, 6.45) is 25.3. The molecule has 2 atom stereocenters. The van der Waals surface area contributed by atoms with Gasteiger partial charge in [-0.05, 0) is 137 Å². The lowest BCUT2D eigenvalue weighted by molar-refractivity contribution is -0.173. The summed E-state index contributed by atoms with van der Waals surface area (Å²) >= 11 is 0. The quantitative estimate of drug-likeness (QED) is 0.0413. The summed E-state index contributed by atoms with van der Waals surface area (Å²) in [5, 5.41) is 0. The van der Waals surface area contributed by atoms with Crippen LogP contribution in [0.25, 0.3) is 0 Å². The Morgan fingerprint density at radius 1 is 0.533 bits per heavy atom. The number of benzene rings is 2. The minimum absolute atomic E-state index is 0.0753. The van der Waals surface area contributed by atoms with Crippen molar-refractivity contribution in [2.24, 2.45) is 23.7 Å². The third-order valence-electron chi connectivity index (χ3n) is 11.7. The number of esters is 4. The Kier molecular flexibility index (Phi) is 21.9. The molecule has 10 nitrogen and oxygen atoms in total. The predicted molar refractivity (Wildman–Crippen MR) is 233 cm³/mol. The molecular weight excluding hydrogens is 761 g/mol. The molecule has 0 radical (unpaired) electrons. The predicted octanol–water partition coefficient (Wildman–Crippen LogP) is 11.2. The maximum Gasteiger partial charge on any atom is 0.352 e. The summed E-state index contributed by atoms with van der Waals surface area (Å²) in [5.74, 6) is -0.00385. The van der Waals surface area contributed by atoms with Crippen LogP contribution in [0.15, 0.2) is 72.8 Å². The van der Waals surface area contributed by atoms with Gasteiger partial charge in [-0.3, -0.25) is 0 Å². The molecule has 4 rings (SSSR count). The molecule has 2 aliphatic rings. The summed E-state index contributed by atoms with van der Waals surface area (Å²) in [5.41, 5.74) is 0.180. The number of ether oxygens (including phenoxy) is 6. The van der Waals surface area contributed by atoms with E-state index in [0.717, 1.165) is 11.8 Å². The fourth-order valence-corrected chi connectivity index (χ4v) is 8.15.